The van der Waals surface area contributed by atoms with Gasteiger partial charge in [0.15, 0.2) is 0 Å². The van der Waals surface area contributed by atoms with Crippen molar-refractivity contribution in [2.24, 2.45) is 23.5 Å². The summed E-state index contributed by atoms with van der Waals surface area (Å²) in [5, 5.41) is 0. The van der Waals surface area contributed by atoms with E-state index in [1.807, 2.05) is 6.08 Å². The Morgan fingerprint density at radius 2 is 2.15 bits per heavy atom. The fraction of sp³-hybridized carbons (Fsp3) is 0.833. The zero-order valence-electron chi connectivity index (χ0n) is 8.84. The maximum atomic E-state index is 5.78. The van der Waals surface area contributed by atoms with E-state index in [-0.39, 0.29) is 0 Å². The van der Waals surface area contributed by atoms with Crippen LogP contribution < -0.4 is 5.73 Å². The molecule has 0 heterocycles. The minimum Gasteiger partial charge on any atom is -0.330 e. The Hall–Kier alpha value is -0.300. The van der Waals surface area contributed by atoms with Crippen molar-refractivity contribution in [2.45, 2.75) is 39.0 Å². The summed E-state index contributed by atoms with van der Waals surface area (Å²) in [6.07, 6.45) is 8.61. The Morgan fingerprint density at radius 3 is 2.77 bits per heavy atom. The Morgan fingerprint density at radius 1 is 1.38 bits per heavy atom. The maximum absolute atomic E-state index is 5.78. The number of hydrogen-bond acceptors (Lipinski definition) is 1. The molecule has 0 aromatic carbocycles. The first-order valence-electron chi connectivity index (χ1n) is 5.58. The Balaban J connectivity index is 2.39. The van der Waals surface area contributed by atoms with Crippen molar-refractivity contribution < 1.29 is 0 Å². The molecule has 0 radical (unpaired) electrons. The first kappa shape index (κ1) is 10.8. The molecule has 13 heavy (non-hydrogen) atoms. The lowest BCUT2D eigenvalue weighted by Gasteiger charge is -2.34. The fourth-order valence-electron chi connectivity index (χ4n) is 2.56. The van der Waals surface area contributed by atoms with E-state index in [2.05, 4.69) is 13.5 Å². The summed E-state index contributed by atoms with van der Waals surface area (Å²) in [4.78, 5) is 0. The molecule has 0 aromatic rings. The van der Waals surface area contributed by atoms with E-state index >= 15 is 0 Å². The van der Waals surface area contributed by atoms with E-state index in [0.29, 0.717) is 0 Å². The molecule has 1 rings (SSSR count). The second kappa shape index (κ2) is 5.43. The molecule has 3 unspecified atom stereocenters. The highest BCUT2D eigenvalue weighted by Crippen LogP contribution is 2.35. The lowest BCUT2D eigenvalue weighted by molar-refractivity contribution is 0.185. The van der Waals surface area contributed by atoms with E-state index in [1.54, 1.807) is 0 Å². The Kier molecular flexibility index (Phi) is 4.51. The molecule has 1 fully saturated rings. The van der Waals surface area contributed by atoms with Crippen LogP contribution in [0.3, 0.4) is 0 Å². The van der Waals surface area contributed by atoms with E-state index in [0.717, 1.165) is 30.7 Å². The van der Waals surface area contributed by atoms with E-state index < -0.39 is 0 Å². The molecule has 0 aliphatic heterocycles. The molecule has 0 amide bonds. The van der Waals surface area contributed by atoms with Crippen molar-refractivity contribution in [3.63, 3.8) is 0 Å². The van der Waals surface area contributed by atoms with Gasteiger partial charge in [0.25, 0.3) is 0 Å². The van der Waals surface area contributed by atoms with E-state index in [4.69, 9.17) is 5.73 Å². The summed E-state index contributed by atoms with van der Waals surface area (Å²) < 4.78 is 0. The summed E-state index contributed by atoms with van der Waals surface area (Å²) in [7, 11) is 0. The molecule has 1 aliphatic carbocycles. The van der Waals surface area contributed by atoms with Gasteiger partial charge >= 0.3 is 0 Å². The fourth-order valence-corrected chi connectivity index (χ4v) is 2.56. The number of hydrogen-bond donors (Lipinski definition) is 1. The zero-order chi connectivity index (χ0) is 9.68. The molecule has 1 heteroatoms. The van der Waals surface area contributed by atoms with Gasteiger partial charge in [-0.1, -0.05) is 19.4 Å². The Labute approximate surface area is 82.4 Å². The third kappa shape index (κ3) is 3.15. The van der Waals surface area contributed by atoms with Gasteiger partial charge < -0.3 is 5.73 Å². The van der Waals surface area contributed by atoms with Crippen LogP contribution in [0.4, 0.5) is 0 Å². The predicted octanol–water partition coefficient (Wildman–Crippen LogP) is 2.96. The number of nitrogens with two attached hydrogens (primary N) is 1. The van der Waals surface area contributed by atoms with Gasteiger partial charge in [-0.15, -0.1) is 6.58 Å². The van der Waals surface area contributed by atoms with Gasteiger partial charge in [0.05, 0.1) is 0 Å². The maximum Gasteiger partial charge on any atom is -0.00462 e. The number of rotatable bonds is 4. The highest BCUT2D eigenvalue weighted by Gasteiger charge is 2.26. The first-order valence-corrected chi connectivity index (χ1v) is 5.58. The average Bonchev–Trinajstić information content (AvgIpc) is 2.15. The van der Waals surface area contributed by atoms with Gasteiger partial charge in [-0.2, -0.15) is 0 Å². The lowest BCUT2D eigenvalue weighted by Crippen LogP contribution is -2.29. The zero-order valence-corrected chi connectivity index (χ0v) is 8.84. The SMILES string of the molecule is C=CCCC1CC(C)CCC1CN. The van der Waals surface area contributed by atoms with Crippen molar-refractivity contribution in [1.82, 2.24) is 0 Å². The van der Waals surface area contributed by atoms with Crippen molar-refractivity contribution in [3.8, 4) is 0 Å². The van der Waals surface area contributed by atoms with Gasteiger partial charge in [0.1, 0.15) is 0 Å². The highest BCUT2D eigenvalue weighted by molar-refractivity contribution is 4.81. The Bertz CT molecular complexity index is 153. The molecular weight excluding hydrogens is 158 g/mol. The average molecular weight is 181 g/mol. The van der Waals surface area contributed by atoms with Gasteiger partial charge in [-0.3, -0.25) is 0 Å². The summed E-state index contributed by atoms with van der Waals surface area (Å²) in [6.45, 7) is 7.04. The van der Waals surface area contributed by atoms with Crippen molar-refractivity contribution >= 4 is 0 Å². The van der Waals surface area contributed by atoms with Crippen LogP contribution in [0, 0.1) is 17.8 Å². The van der Waals surface area contributed by atoms with Crippen LogP contribution in [-0.2, 0) is 0 Å². The molecule has 3 atom stereocenters. The van der Waals surface area contributed by atoms with Crippen LogP contribution in [0.1, 0.15) is 39.0 Å². The summed E-state index contributed by atoms with van der Waals surface area (Å²) in [5.74, 6) is 2.57. The highest BCUT2D eigenvalue weighted by atomic mass is 14.6. The molecule has 76 valence electrons. The standard InChI is InChI=1S/C12H23N/c1-3-4-5-11-8-10(2)6-7-12(11)9-13/h3,10-12H,1,4-9,13H2,2H3. The van der Waals surface area contributed by atoms with Crippen LogP contribution in [0.25, 0.3) is 0 Å². The van der Waals surface area contributed by atoms with Crippen molar-refractivity contribution in [2.75, 3.05) is 6.54 Å². The van der Waals surface area contributed by atoms with Crippen LogP contribution >= 0.6 is 0 Å². The van der Waals surface area contributed by atoms with Gasteiger partial charge in [-0.25, -0.2) is 0 Å². The summed E-state index contributed by atoms with van der Waals surface area (Å²) >= 11 is 0. The lowest BCUT2D eigenvalue weighted by atomic mass is 9.73. The van der Waals surface area contributed by atoms with Crippen LogP contribution in [0.15, 0.2) is 12.7 Å². The molecule has 1 nitrogen and oxygen atoms in total. The normalized spacial score (nSPS) is 34.5. The number of allylic oxidation sites excluding steroid dienone is 1. The minimum atomic E-state index is 0.788. The van der Waals surface area contributed by atoms with E-state index in [9.17, 15) is 0 Å². The monoisotopic (exact) mass is 181 g/mol. The molecule has 0 aromatic heterocycles. The molecule has 0 bridgehead atoms. The van der Waals surface area contributed by atoms with Crippen LogP contribution in [0.5, 0.6) is 0 Å². The van der Waals surface area contributed by atoms with Gasteiger partial charge in [-0.05, 0) is 50.0 Å². The molecule has 0 saturated heterocycles. The largest absolute Gasteiger partial charge is 0.330 e. The quantitative estimate of drug-likeness (QED) is 0.663. The minimum absolute atomic E-state index is 0.788. The second-order valence-electron chi connectivity index (χ2n) is 4.54. The summed E-state index contributed by atoms with van der Waals surface area (Å²) in [6, 6.07) is 0. The van der Waals surface area contributed by atoms with Crippen molar-refractivity contribution in [3.05, 3.63) is 12.7 Å². The molecular formula is C12H23N. The van der Waals surface area contributed by atoms with Gasteiger partial charge in [0.2, 0.25) is 0 Å². The van der Waals surface area contributed by atoms with Crippen LogP contribution in [0.2, 0.25) is 0 Å². The molecule has 2 N–H and O–H groups in total. The van der Waals surface area contributed by atoms with Gasteiger partial charge in [0, 0.05) is 0 Å². The molecule has 0 spiro atoms. The van der Waals surface area contributed by atoms with Crippen LogP contribution in [-0.4, -0.2) is 6.54 Å². The van der Waals surface area contributed by atoms with E-state index in [1.165, 1.54) is 25.7 Å². The summed E-state index contributed by atoms with van der Waals surface area (Å²) in [5.41, 5.74) is 5.78. The third-order valence-electron chi connectivity index (χ3n) is 3.45. The molecule has 1 aliphatic rings. The second-order valence-corrected chi connectivity index (χ2v) is 4.54. The predicted molar refractivity (Wildman–Crippen MR) is 58.5 cm³/mol. The first-order chi connectivity index (χ1) is 6.27. The van der Waals surface area contributed by atoms with Crippen molar-refractivity contribution in [1.29, 1.82) is 0 Å². The third-order valence-corrected chi connectivity index (χ3v) is 3.45. The molecule has 1 saturated carbocycles. The smallest absolute Gasteiger partial charge is 0.00462 e. The topological polar surface area (TPSA) is 26.0 Å².